The van der Waals surface area contributed by atoms with E-state index in [9.17, 15) is 0 Å². The lowest BCUT2D eigenvalue weighted by atomic mass is 9.98. The molecular formula is C25H27OS+. The highest BCUT2D eigenvalue weighted by Crippen LogP contribution is 2.35. The fourth-order valence-corrected chi connectivity index (χ4v) is 6.03. The number of benzene rings is 3. The second kappa shape index (κ2) is 8.67. The minimum atomic E-state index is -0.0967. The minimum Gasteiger partial charge on any atom is -0.490 e. The molecule has 1 saturated carbocycles. The van der Waals surface area contributed by atoms with Crippen molar-refractivity contribution >= 4 is 10.9 Å². The van der Waals surface area contributed by atoms with Crippen molar-refractivity contribution in [1.29, 1.82) is 0 Å². The SMILES string of the molecule is Cc1cc(OC2CCCCC2)ccc1[S+](c1ccccc1)c1ccccc1. The van der Waals surface area contributed by atoms with E-state index in [1.165, 1.54) is 52.4 Å². The molecule has 27 heavy (non-hydrogen) atoms. The Labute approximate surface area is 165 Å². The van der Waals surface area contributed by atoms with Crippen molar-refractivity contribution in [3.8, 4) is 5.75 Å². The Morgan fingerprint density at radius 1 is 0.741 bits per heavy atom. The second-order valence-electron chi connectivity index (χ2n) is 7.24. The molecule has 0 heterocycles. The Morgan fingerprint density at radius 2 is 1.33 bits per heavy atom. The van der Waals surface area contributed by atoms with Gasteiger partial charge >= 0.3 is 0 Å². The molecule has 1 aliphatic carbocycles. The van der Waals surface area contributed by atoms with Crippen molar-refractivity contribution in [2.24, 2.45) is 0 Å². The Hall–Kier alpha value is -2.19. The summed E-state index contributed by atoms with van der Waals surface area (Å²) in [6, 6.07) is 28.3. The van der Waals surface area contributed by atoms with E-state index >= 15 is 0 Å². The standard InChI is InChI=1S/C25H27OS/c1-20-19-22(26-21-11-5-2-6-12-21)17-18-25(20)27(23-13-7-3-8-14-23)24-15-9-4-10-16-24/h3-4,7-10,13-19,21H,2,5-6,11-12H2,1H3/q+1. The summed E-state index contributed by atoms with van der Waals surface area (Å²) in [7, 11) is -0.0967. The molecule has 0 unspecified atom stereocenters. The molecule has 1 fully saturated rings. The first kappa shape index (κ1) is 18.2. The van der Waals surface area contributed by atoms with Gasteiger partial charge in [0.1, 0.15) is 5.75 Å². The summed E-state index contributed by atoms with van der Waals surface area (Å²) in [5, 5.41) is 0. The van der Waals surface area contributed by atoms with E-state index < -0.39 is 0 Å². The maximum absolute atomic E-state index is 6.29. The molecule has 1 aliphatic rings. The van der Waals surface area contributed by atoms with Crippen molar-refractivity contribution in [2.45, 2.75) is 59.8 Å². The molecule has 0 saturated heterocycles. The predicted molar refractivity (Wildman–Crippen MR) is 114 cm³/mol. The highest BCUT2D eigenvalue weighted by molar-refractivity contribution is 7.97. The monoisotopic (exact) mass is 375 g/mol. The first-order valence-electron chi connectivity index (χ1n) is 9.93. The Morgan fingerprint density at radius 3 is 1.89 bits per heavy atom. The molecule has 0 amide bonds. The van der Waals surface area contributed by atoms with E-state index in [1.807, 2.05) is 0 Å². The summed E-state index contributed by atoms with van der Waals surface area (Å²) >= 11 is 0. The van der Waals surface area contributed by atoms with Gasteiger partial charge in [0.15, 0.2) is 14.7 Å². The summed E-state index contributed by atoms with van der Waals surface area (Å²) in [4.78, 5) is 4.09. The van der Waals surface area contributed by atoms with Gasteiger partial charge in [-0.2, -0.15) is 0 Å². The fraction of sp³-hybridized carbons (Fsp3) is 0.280. The van der Waals surface area contributed by atoms with Crippen LogP contribution in [-0.2, 0) is 10.9 Å². The topological polar surface area (TPSA) is 9.23 Å². The lowest BCUT2D eigenvalue weighted by Gasteiger charge is -2.23. The molecule has 3 aromatic carbocycles. The summed E-state index contributed by atoms with van der Waals surface area (Å²) in [5.41, 5.74) is 1.30. The molecule has 138 valence electrons. The molecule has 0 N–H and O–H groups in total. The van der Waals surface area contributed by atoms with E-state index in [1.54, 1.807) is 0 Å². The van der Waals surface area contributed by atoms with Crippen LogP contribution in [0.15, 0.2) is 93.5 Å². The number of aryl methyl sites for hydroxylation is 1. The third kappa shape index (κ3) is 4.39. The highest BCUT2D eigenvalue weighted by atomic mass is 32.2. The smallest absolute Gasteiger partial charge is 0.169 e. The fourth-order valence-electron chi connectivity index (χ4n) is 3.80. The van der Waals surface area contributed by atoms with Gasteiger partial charge in [0.05, 0.1) is 17.0 Å². The Bertz CT molecular complexity index is 815. The number of hydrogen-bond acceptors (Lipinski definition) is 1. The van der Waals surface area contributed by atoms with Gasteiger partial charge in [0.2, 0.25) is 0 Å². The van der Waals surface area contributed by atoms with Gasteiger partial charge in [0.25, 0.3) is 0 Å². The summed E-state index contributed by atoms with van der Waals surface area (Å²) in [6.45, 7) is 2.22. The van der Waals surface area contributed by atoms with Gasteiger partial charge in [-0.25, -0.2) is 0 Å². The van der Waals surface area contributed by atoms with E-state index in [0.717, 1.165) is 5.75 Å². The number of rotatable bonds is 5. The highest BCUT2D eigenvalue weighted by Gasteiger charge is 2.30. The summed E-state index contributed by atoms with van der Waals surface area (Å²) < 4.78 is 6.29. The third-order valence-corrected chi connectivity index (χ3v) is 7.56. The number of ether oxygens (including phenoxy) is 1. The zero-order valence-electron chi connectivity index (χ0n) is 15.9. The zero-order valence-corrected chi connectivity index (χ0v) is 16.8. The first-order valence-corrected chi connectivity index (χ1v) is 11.2. The van der Waals surface area contributed by atoms with E-state index in [4.69, 9.17) is 4.74 Å². The molecule has 2 heteroatoms. The average molecular weight is 376 g/mol. The van der Waals surface area contributed by atoms with Crippen LogP contribution in [0.2, 0.25) is 0 Å². The van der Waals surface area contributed by atoms with Crippen LogP contribution in [0.1, 0.15) is 37.7 Å². The van der Waals surface area contributed by atoms with Crippen LogP contribution in [0, 0.1) is 6.92 Å². The van der Waals surface area contributed by atoms with Crippen LogP contribution in [0.25, 0.3) is 0 Å². The molecule has 0 bridgehead atoms. The van der Waals surface area contributed by atoms with Gasteiger partial charge < -0.3 is 4.74 Å². The molecule has 1 nitrogen and oxygen atoms in total. The van der Waals surface area contributed by atoms with Crippen LogP contribution in [0.5, 0.6) is 5.75 Å². The first-order chi connectivity index (χ1) is 13.3. The van der Waals surface area contributed by atoms with Crippen LogP contribution >= 0.6 is 0 Å². The molecule has 0 radical (unpaired) electrons. The maximum Gasteiger partial charge on any atom is 0.169 e. The summed E-state index contributed by atoms with van der Waals surface area (Å²) in [5.74, 6) is 1.02. The van der Waals surface area contributed by atoms with Crippen LogP contribution in [0.4, 0.5) is 0 Å². The molecule has 0 spiro atoms. The molecule has 0 atom stereocenters. The molecule has 3 aromatic rings. The molecular weight excluding hydrogens is 348 g/mol. The quantitative estimate of drug-likeness (QED) is 0.445. The van der Waals surface area contributed by atoms with Gasteiger partial charge in [-0.1, -0.05) is 42.8 Å². The Kier molecular flexibility index (Phi) is 5.84. The van der Waals surface area contributed by atoms with E-state index in [2.05, 4.69) is 85.8 Å². The van der Waals surface area contributed by atoms with Crippen LogP contribution in [-0.4, -0.2) is 6.10 Å². The van der Waals surface area contributed by atoms with Crippen molar-refractivity contribution < 1.29 is 4.74 Å². The van der Waals surface area contributed by atoms with Crippen molar-refractivity contribution in [3.05, 3.63) is 84.4 Å². The number of hydrogen-bond donors (Lipinski definition) is 0. The van der Waals surface area contributed by atoms with E-state index in [0.29, 0.717) is 6.10 Å². The average Bonchev–Trinajstić information content (AvgIpc) is 2.72. The van der Waals surface area contributed by atoms with Gasteiger partial charge in [-0.05, 0) is 75.1 Å². The van der Waals surface area contributed by atoms with E-state index in [-0.39, 0.29) is 10.9 Å². The molecule has 0 aliphatic heterocycles. The largest absolute Gasteiger partial charge is 0.490 e. The van der Waals surface area contributed by atoms with Crippen molar-refractivity contribution in [2.75, 3.05) is 0 Å². The van der Waals surface area contributed by atoms with Gasteiger partial charge in [-0.15, -0.1) is 0 Å². The summed E-state index contributed by atoms with van der Waals surface area (Å²) in [6.07, 6.45) is 6.73. The van der Waals surface area contributed by atoms with Crippen LogP contribution < -0.4 is 4.74 Å². The van der Waals surface area contributed by atoms with Gasteiger partial charge in [-0.3, -0.25) is 0 Å². The predicted octanol–water partition coefficient (Wildman–Crippen LogP) is 6.80. The van der Waals surface area contributed by atoms with Crippen LogP contribution in [0.3, 0.4) is 0 Å². The normalized spacial score (nSPS) is 15.0. The van der Waals surface area contributed by atoms with Crippen molar-refractivity contribution in [1.82, 2.24) is 0 Å². The lowest BCUT2D eigenvalue weighted by molar-refractivity contribution is 0.155. The lowest BCUT2D eigenvalue weighted by Crippen LogP contribution is -2.19. The van der Waals surface area contributed by atoms with Crippen molar-refractivity contribution in [3.63, 3.8) is 0 Å². The van der Waals surface area contributed by atoms with Gasteiger partial charge in [0, 0.05) is 5.56 Å². The third-order valence-electron chi connectivity index (χ3n) is 5.18. The Balaban J connectivity index is 1.66. The minimum absolute atomic E-state index is 0.0967. The maximum atomic E-state index is 6.29. The molecule has 4 rings (SSSR count). The zero-order chi connectivity index (χ0) is 18.5. The second-order valence-corrected chi connectivity index (χ2v) is 9.23. The molecule has 0 aromatic heterocycles.